The molecule has 0 spiro atoms. The number of methoxy groups -OCH3 is 1. The lowest BCUT2D eigenvalue weighted by molar-refractivity contribution is -0.121. The van der Waals surface area contributed by atoms with Crippen LogP contribution in [0.1, 0.15) is 28.7 Å². The predicted octanol–water partition coefficient (Wildman–Crippen LogP) is 2.38. The highest BCUT2D eigenvalue weighted by Crippen LogP contribution is 2.18. The zero-order valence-corrected chi connectivity index (χ0v) is 15.6. The van der Waals surface area contributed by atoms with E-state index in [1.54, 1.807) is 31.4 Å². The van der Waals surface area contributed by atoms with Crippen LogP contribution in [0.2, 0.25) is 0 Å². The van der Waals surface area contributed by atoms with Crippen LogP contribution in [0.4, 0.5) is 0 Å². The lowest BCUT2D eigenvalue weighted by Gasteiger charge is -2.10. The number of amides is 2. The topological polar surface area (TPSA) is 85.3 Å². The molecule has 0 aliphatic rings. The van der Waals surface area contributed by atoms with Gasteiger partial charge in [-0.25, -0.2) is 4.98 Å². The molecule has 7 heteroatoms. The van der Waals surface area contributed by atoms with Crippen molar-refractivity contribution in [1.29, 1.82) is 0 Å². The van der Waals surface area contributed by atoms with Crippen molar-refractivity contribution in [2.24, 2.45) is 0 Å². The summed E-state index contributed by atoms with van der Waals surface area (Å²) < 4.78 is 7.30. The van der Waals surface area contributed by atoms with Gasteiger partial charge in [0.05, 0.1) is 24.6 Å². The number of aromatic nitrogens is 2. The van der Waals surface area contributed by atoms with E-state index in [0.717, 1.165) is 29.0 Å². The van der Waals surface area contributed by atoms with Gasteiger partial charge in [-0.3, -0.25) is 20.4 Å². The number of benzene rings is 2. The number of imidazole rings is 1. The number of nitrogens with zero attached hydrogens (tertiary/aromatic N) is 2. The van der Waals surface area contributed by atoms with E-state index in [4.69, 9.17) is 4.74 Å². The van der Waals surface area contributed by atoms with E-state index in [9.17, 15) is 9.59 Å². The van der Waals surface area contributed by atoms with Crippen molar-refractivity contribution >= 4 is 22.8 Å². The average molecular weight is 366 g/mol. The fraction of sp³-hybridized carbons (Fsp3) is 0.250. The molecule has 1 aromatic heterocycles. The van der Waals surface area contributed by atoms with Crippen LogP contribution >= 0.6 is 0 Å². The number of rotatable bonds is 5. The minimum atomic E-state index is -0.394. The fourth-order valence-electron chi connectivity index (χ4n) is 3.06. The Morgan fingerprint density at radius 3 is 2.67 bits per heavy atom. The quantitative estimate of drug-likeness (QED) is 0.679. The van der Waals surface area contributed by atoms with Crippen molar-refractivity contribution in [1.82, 2.24) is 20.4 Å². The molecule has 2 N–H and O–H groups in total. The zero-order valence-electron chi connectivity index (χ0n) is 15.6. The van der Waals surface area contributed by atoms with Crippen LogP contribution in [-0.4, -0.2) is 28.5 Å². The molecular weight excluding hydrogens is 344 g/mol. The molecule has 1 heterocycles. The van der Waals surface area contributed by atoms with Gasteiger partial charge in [0.25, 0.3) is 5.91 Å². The van der Waals surface area contributed by atoms with Gasteiger partial charge in [-0.05, 0) is 38.1 Å². The molecular formula is C20H22N4O3. The maximum Gasteiger partial charge on any atom is 0.269 e. The van der Waals surface area contributed by atoms with Gasteiger partial charge in [0, 0.05) is 17.7 Å². The summed E-state index contributed by atoms with van der Waals surface area (Å²) in [5.74, 6) is 0.801. The molecule has 0 saturated carbocycles. The Hall–Kier alpha value is -3.35. The fourth-order valence-corrected chi connectivity index (χ4v) is 3.06. The van der Waals surface area contributed by atoms with E-state index in [1.165, 1.54) is 0 Å². The largest absolute Gasteiger partial charge is 0.496 e. The first-order valence-corrected chi connectivity index (χ1v) is 8.71. The number of aryl methyl sites for hydroxylation is 2. The van der Waals surface area contributed by atoms with Crippen LogP contribution in [0.3, 0.4) is 0 Å². The summed E-state index contributed by atoms with van der Waals surface area (Å²) in [5.41, 5.74) is 7.79. The summed E-state index contributed by atoms with van der Waals surface area (Å²) in [6.45, 7) is 4.79. The maximum absolute atomic E-state index is 12.3. The average Bonchev–Trinajstić information content (AvgIpc) is 3.00. The Labute approximate surface area is 157 Å². The molecule has 0 bridgehead atoms. The molecule has 0 atom stereocenters. The number of para-hydroxylation sites is 1. The molecule has 0 aliphatic heterocycles. The number of nitrogens with one attached hydrogen (secondary N) is 2. The van der Waals surface area contributed by atoms with Crippen molar-refractivity contribution < 1.29 is 14.3 Å². The Morgan fingerprint density at radius 2 is 1.93 bits per heavy atom. The molecule has 2 amide bonds. The maximum atomic E-state index is 12.3. The predicted molar refractivity (Wildman–Crippen MR) is 102 cm³/mol. The molecule has 2 aromatic carbocycles. The summed E-state index contributed by atoms with van der Waals surface area (Å²) >= 11 is 0. The smallest absolute Gasteiger partial charge is 0.269 e. The van der Waals surface area contributed by atoms with Crippen molar-refractivity contribution in [3.63, 3.8) is 0 Å². The second kappa shape index (κ2) is 7.90. The number of fused-ring (bicyclic) bond motifs is 1. The second-order valence-corrected chi connectivity index (χ2v) is 6.10. The van der Waals surface area contributed by atoms with Gasteiger partial charge in [-0.1, -0.05) is 18.2 Å². The molecule has 0 aliphatic carbocycles. The SMILES string of the molecule is CCn1c(C)nc2cc(C(=O)NNC(=O)Cc3ccccc3OC)ccc21. The van der Waals surface area contributed by atoms with Crippen molar-refractivity contribution in [2.45, 2.75) is 26.8 Å². The van der Waals surface area contributed by atoms with E-state index >= 15 is 0 Å². The lowest BCUT2D eigenvalue weighted by atomic mass is 10.1. The normalized spacial score (nSPS) is 10.6. The molecule has 0 saturated heterocycles. The van der Waals surface area contributed by atoms with Gasteiger partial charge in [0.1, 0.15) is 11.6 Å². The minimum absolute atomic E-state index is 0.101. The molecule has 7 nitrogen and oxygen atoms in total. The molecule has 3 aromatic rings. The number of hydrogen-bond acceptors (Lipinski definition) is 4. The van der Waals surface area contributed by atoms with Crippen LogP contribution in [0, 0.1) is 6.92 Å². The van der Waals surface area contributed by atoms with Crippen LogP contribution < -0.4 is 15.6 Å². The Balaban J connectivity index is 1.65. The third kappa shape index (κ3) is 3.92. The number of hydrazine groups is 1. The third-order valence-corrected chi connectivity index (χ3v) is 4.38. The highest BCUT2D eigenvalue weighted by molar-refractivity contribution is 5.98. The summed E-state index contributed by atoms with van der Waals surface area (Å²) in [6, 6.07) is 12.6. The first kappa shape index (κ1) is 18.4. The van der Waals surface area contributed by atoms with Crippen LogP contribution in [0.15, 0.2) is 42.5 Å². The highest BCUT2D eigenvalue weighted by atomic mass is 16.5. The van der Waals surface area contributed by atoms with Gasteiger partial charge in [0.15, 0.2) is 0 Å². The molecule has 140 valence electrons. The van der Waals surface area contributed by atoms with E-state index < -0.39 is 5.91 Å². The second-order valence-electron chi connectivity index (χ2n) is 6.10. The van der Waals surface area contributed by atoms with Gasteiger partial charge in [0.2, 0.25) is 5.91 Å². The Morgan fingerprint density at radius 1 is 1.15 bits per heavy atom. The zero-order chi connectivity index (χ0) is 19.4. The van der Waals surface area contributed by atoms with E-state index in [0.29, 0.717) is 11.3 Å². The van der Waals surface area contributed by atoms with Crippen molar-refractivity contribution in [2.75, 3.05) is 7.11 Å². The molecule has 27 heavy (non-hydrogen) atoms. The summed E-state index contributed by atoms with van der Waals surface area (Å²) in [6.07, 6.45) is 0.101. The molecule has 0 unspecified atom stereocenters. The van der Waals surface area contributed by atoms with Crippen LogP contribution in [-0.2, 0) is 17.8 Å². The van der Waals surface area contributed by atoms with Crippen LogP contribution in [0.25, 0.3) is 11.0 Å². The standard InChI is InChI=1S/C20H22N4O3/c1-4-24-13(2)21-16-11-15(9-10-17(16)24)20(26)23-22-19(25)12-14-7-5-6-8-18(14)27-3/h5-11H,4,12H2,1-3H3,(H,22,25)(H,23,26). The molecule has 0 radical (unpaired) electrons. The highest BCUT2D eigenvalue weighted by Gasteiger charge is 2.13. The number of carbonyl (C=O) groups is 2. The lowest BCUT2D eigenvalue weighted by Crippen LogP contribution is -2.42. The molecule has 3 rings (SSSR count). The van der Waals surface area contributed by atoms with E-state index in [2.05, 4.69) is 20.4 Å². The van der Waals surface area contributed by atoms with E-state index in [-0.39, 0.29) is 12.3 Å². The van der Waals surface area contributed by atoms with Gasteiger partial charge < -0.3 is 9.30 Å². The number of hydrogen-bond donors (Lipinski definition) is 2. The van der Waals surface area contributed by atoms with Crippen LogP contribution in [0.5, 0.6) is 5.75 Å². The Bertz CT molecular complexity index is 994. The first-order valence-electron chi connectivity index (χ1n) is 8.71. The van der Waals surface area contributed by atoms with Gasteiger partial charge >= 0.3 is 0 Å². The third-order valence-electron chi connectivity index (χ3n) is 4.38. The first-order chi connectivity index (χ1) is 13.0. The van der Waals surface area contributed by atoms with Crippen molar-refractivity contribution in [3.05, 3.63) is 59.4 Å². The van der Waals surface area contributed by atoms with Gasteiger partial charge in [-0.15, -0.1) is 0 Å². The van der Waals surface area contributed by atoms with Crippen molar-refractivity contribution in [3.8, 4) is 5.75 Å². The molecule has 0 fully saturated rings. The number of ether oxygens (including phenoxy) is 1. The Kier molecular flexibility index (Phi) is 5.40. The number of carbonyl (C=O) groups excluding carboxylic acids is 2. The van der Waals surface area contributed by atoms with E-state index in [1.807, 2.05) is 32.0 Å². The van der Waals surface area contributed by atoms with Gasteiger partial charge in [-0.2, -0.15) is 0 Å². The summed E-state index contributed by atoms with van der Waals surface area (Å²) in [7, 11) is 1.55. The summed E-state index contributed by atoms with van der Waals surface area (Å²) in [4.78, 5) is 28.9. The monoisotopic (exact) mass is 366 g/mol. The summed E-state index contributed by atoms with van der Waals surface area (Å²) in [5, 5.41) is 0. The minimum Gasteiger partial charge on any atom is -0.496 e.